The van der Waals surface area contributed by atoms with E-state index in [0.717, 1.165) is 38.3 Å². The van der Waals surface area contributed by atoms with Gasteiger partial charge in [0.15, 0.2) is 0 Å². The van der Waals surface area contributed by atoms with Crippen LogP contribution in [0.25, 0.3) is 0 Å². The highest BCUT2D eigenvalue weighted by Crippen LogP contribution is 2.16. The summed E-state index contributed by atoms with van der Waals surface area (Å²) in [7, 11) is 0. The van der Waals surface area contributed by atoms with Crippen molar-refractivity contribution in [2.45, 2.75) is 32.2 Å². The Hall–Kier alpha value is -1.49. The Balaban J connectivity index is 1.54. The molecule has 1 fully saturated rings. The molecule has 2 aliphatic heterocycles. The van der Waals surface area contributed by atoms with Crippen molar-refractivity contribution in [3.8, 4) is 0 Å². The van der Waals surface area contributed by atoms with Gasteiger partial charge in [-0.3, -0.25) is 4.79 Å². The molecule has 2 aliphatic rings. The molecule has 1 aromatic rings. The second kappa shape index (κ2) is 5.65. The van der Waals surface area contributed by atoms with Crippen molar-refractivity contribution in [2.24, 2.45) is 0 Å². The van der Waals surface area contributed by atoms with Crippen LogP contribution >= 0.6 is 0 Å². The van der Waals surface area contributed by atoms with Gasteiger partial charge in [-0.2, -0.15) is 0 Å². The zero-order valence-corrected chi connectivity index (χ0v) is 11.2. The van der Waals surface area contributed by atoms with Crippen LogP contribution in [0.4, 0.5) is 0 Å². The lowest BCUT2D eigenvalue weighted by atomic mass is 10.1. The lowest BCUT2D eigenvalue weighted by Gasteiger charge is -2.28. The first-order valence-electron chi connectivity index (χ1n) is 7.11. The van der Waals surface area contributed by atoms with Gasteiger partial charge >= 0.3 is 0 Å². The molecule has 0 radical (unpaired) electrons. The van der Waals surface area contributed by atoms with Crippen LogP contribution in [0.1, 0.15) is 30.5 Å². The van der Waals surface area contributed by atoms with Crippen molar-refractivity contribution >= 4 is 5.91 Å². The molecule has 1 aromatic heterocycles. The van der Waals surface area contributed by atoms with Crippen molar-refractivity contribution in [3.63, 3.8) is 0 Å². The number of likely N-dealkylation sites (tertiary alicyclic amines) is 1. The van der Waals surface area contributed by atoms with Gasteiger partial charge in [0.1, 0.15) is 6.33 Å². The number of nitrogens with zero attached hydrogens (tertiary/aromatic N) is 4. The summed E-state index contributed by atoms with van der Waals surface area (Å²) in [5.41, 5.74) is 2.20. The van der Waals surface area contributed by atoms with Crippen molar-refractivity contribution in [3.05, 3.63) is 23.8 Å². The fourth-order valence-corrected chi connectivity index (χ4v) is 2.88. The quantitative estimate of drug-likeness (QED) is 0.808. The van der Waals surface area contributed by atoms with E-state index in [4.69, 9.17) is 0 Å². The first-order valence-corrected chi connectivity index (χ1v) is 7.11. The highest BCUT2D eigenvalue weighted by molar-refractivity contribution is 5.76. The molecule has 19 heavy (non-hydrogen) atoms. The minimum absolute atomic E-state index is 0.260. The summed E-state index contributed by atoms with van der Waals surface area (Å²) in [6.07, 6.45) is 7.52. The van der Waals surface area contributed by atoms with Crippen LogP contribution in [0.2, 0.25) is 0 Å². The average molecular weight is 260 g/mol. The first-order chi connectivity index (χ1) is 9.33. The predicted molar refractivity (Wildman–Crippen MR) is 71.4 cm³/mol. The molecule has 5 heteroatoms. The number of rotatable bonds is 3. The van der Waals surface area contributed by atoms with Gasteiger partial charge in [0.2, 0.25) is 5.91 Å². The summed E-state index contributed by atoms with van der Waals surface area (Å²) in [5.74, 6) is 0.260. The minimum Gasteiger partial charge on any atom is -0.336 e. The number of carbonyl (C=O) groups excluding carboxylic acids is 1. The number of aromatic nitrogens is 2. The molecule has 0 bridgehead atoms. The molecule has 0 aliphatic carbocycles. The predicted octanol–water partition coefficient (Wildman–Crippen LogP) is 0.847. The highest BCUT2D eigenvalue weighted by Gasteiger charge is 2.22. The monoisotopic (exact) mass is 260 g/mol. The maximum atomic E-state index is 12.2. The third-order valence-electron chi connectivity index (χ3n) is 4.07. The minimum atomic E-state index is 0.260. The summed E-state index contributed by atoms with van der Waals surface area (Å²) >= 11 is 0. The van der Waals surface area contributed by atoms with Crippen molar-refractivity contribution in [1.29, 1.82) is 0 Å². The van der Waals surface area contributed by atoms with Gasteiger partial charge in [0.25, 0.3) is 0 Å². The molecule has 0 spiro atoms. The van der Waals surface area contributed by atoms with Gasteiger partial charge in [-0.25, -0.2) is 9.97 Å². The maximum absolute atomic E-state index is 12.2. The Morgan fingerprint density at radius 2 is 2.11 bits per heavy atom. The Labute approximate surface area is 113 Å². The van der Waals surface area contributed by atoms with E-state index in [2.05, 4.69) is 14.9 Å². The van der Waals surface area contributed by atoms with Crippen LogP contribution < -0.4 is 0 Å². The Kier molecular flexibility index (Phi) is 3.73. The van der Waals surface area contributed by atoms with Gasteiger partial charge < -0.3 is 9.80 Å². The fraction of sp³-hybridized carbons (Fsp3) is 0.643. The molecule has 1 amide bonds. The number of amides is 1. The van der Waals surface area contributed by atoms with E-state index in [1.54, 1.807) is 6.33 Å². The second-order valence-corrected chi connectivity index (χ2v) is 5.36. The van der Waals surface area contributed by atoms with Crippen LogP contribution in [0.3, 0.4) is 0 Å². The second-order valence-electron chi connectivity index (χ2n) is 5.36. The topological polar surface area (TPSA) is 49.3 Å². The van der Waals surface area contributed by atoms with Gasteiger partial charge in [-0.15, -0.1) is 0 Å². The zero-order chi connectivity index (χ0) is 13.1. The van der Waals surface area contributed by atoms with Gasteiger partial charge in [-0.05, 0) is 37.9 Å². The number of hydrogen-bond donors (Lipinski definition) is 0. The van der Waals surface area contributed by atoms with Crippen LogP contribution in [0.15, 0.2) is 12.5 Å². The Morgan fingerprint density at radius 1 is 1.26 bits per heavy atom. The van der Waals surface area contributed by atoms with Crippen LogP contribution in [0, 0.1) is 0 Å². The largest absolute Gasteiger partial charge is 0.336 e. The molecule has 5 nitrogen and oxygen atoms in total. The van der Waals surface area contributed by atoms with E-state index in [0.29, 0.717) is 13.0 Å². The van der Waals surface area contributed by atoms with E-state index < -0.39 is 0 Å². The van der Waals surface area contributed by atoms with Crippen molar-refractivity contribution < 1.29 is 4.79 Å². The first kappa shape index (κ1) is 12.5. The third kappa shape index (κ3) is 2.92. The molecule has 3 rings (SSSR count). The maximum Gasteiger partial charge on any atom is 0.224 e. The Bertz CT molecular complexity index is 457. The summed E-state index contributed by atoms with van der Waals surface area (Å²) in [6, 6.07) is 0. The molecule has 3 heterocycles. The van der Waals surface area contributed by atoms with Crippen molar-refractivity contribution in [1.82, 2.24) is 19.8 Å². The zero-order valence-electron chi connectivity index (χ0n) is 11.2. The molecule has 0 saturated carbocycles. The average Bonchev–Trinajstić information content (AvgIpc) is 2.97. The summed E-state index contributed by atoms with van der Waals surface area (Å²) in [5, 5.41) is 0. The standard InChI is InChI=1S/C14H20N4O/c19-14(4-7-17-5-1-2-6-17)18-8-3-12-9-15-11-16-13(12)10-18/h9,11H,1-8,10H2. The molecule has 0 atom stereocenters. The molecular formula is C14H20N4O. The van der Waals surface area contributed by atoms with E-state index in [1.165, 1.54) is 18.4 Å². The van der Waals surface area contributed by atoms with Gasteiger partial charge in [0.05, 0.1) is 12.2 Å². The molecule has 0 unspecified atom stereocenters. The molecule has 0 N–H and O–H groups in total. The lowest BCUT2D eigenvalue weighted by molar-refractivity contribution is -0.132. The van der Waals surface area contributed by atoms with E-state index in [9.17, 15) is 4.79 Å². The normalized spacial score (nSPS) is 19.5. The van der Waals surface area contributed by atoms with Crippen LogP contribution in [0.5, 0.6) is 0 Å². The molecular weight excluding hydrogens is 240 g/mol. The summed E-state index contributed by atoms with van der Waals surface area (Å²) in [4.78, 5) is 24.9. The number of fused-ring (bicyclic) bond motifs is 1. The SMILES string of the molecule is O=C(CCN1CCCC1)N1CCc2cncnc2C1. The smallest absolute Gasteiger partial charge is 0.224 e. The van der Waals surface area contributed by atoms with Crippen molar-refractivity contribution in [2.75, 3.05) is 26.2 Å². The van der Waals surface area contributed by atoms with E-state index >= 15 is 0 Å². The molecule has 102 valence electrons. The lowest BCUT2D eigenvalue weighted by Crippen LogP contribution is -2.38. The fourth-order valence-electron chi connectivity index (χ4n) is 2.88. The summed E-state index contributed by atoms with van der Waals surface area (Å²) in [6.45, 7) is 4.68. The van der Waals surface area contributed by atoms with Gasteiger partial charge in [0, 0.05) is 25.7 Å². The van der Waals surface area contributed by atoms with Crippen LogP contribution in [-0.4, -0.2) is 51.9 Å². The molecule has 1 saturated heterocycles. The third-order valence-corrected chi connectivity index (χ3v) is 4.07. The Morgan fingerprint density at radius 3 is 2.95 bits per heavy atom. The number of hydrogen-bond acceptors (Lipinski definition) is 4. The van der Waals surface area contributed by atoms with Crippen LogP contribution in [-0.2, 0) is 17.8 Å². The number of carbonyl (C=O) groups is 1. The summed E-state index contributed by atoms with van der Waals surface area (Å²) < 4.78 is 0. The van der Waals surface area contributed by atoms with E-state index in [1.807, 2.05) is 11.1 Å². The van der Waals surface area contributed by atoms with E-state index in [-0.39, 0.29) is 5.91 Å². The van der Waals surface area contributed by atoms with Gasteiger partial charge in [-0.1, -0.05) is 0 Å². The highest BCUT2D eigenvalue weighted by atomic mass is 16.2. The molecule has 0 aromatic carbocycles.